The molecule has 1 N–H and O–H groups in total. The first-order valence-corrected chi connectivity index (χ1v) is 7.98. The molecule has 2 aromatic carbocycles. The summed E-state index contributed by atoms with van der Waals surface area (Å²) in [4.78, 5) is 0. The van der Waals surface area contributed by atoms with Gasteiger partial charge < -0.3 is 4.74 Å². The highest BCUT2D eigenvalue weighted by Crippen LogP contribution is 2.34. The van der Waals surface area contributed by atoms with Crippen LogP contribution in [0.15, 0.2) is 60.9 Å². The molecule has 4 heteroatoms. The van der Waals surface area contributed by atoms with Crippen molar-refractivity contribution >= 4 is 17.5 Å². The van der Waals surface area contributed by atoms with Crippen LogP contribution in [0.5, 0.6) is 5.75 Å². The molecular weight excluding hydrogens is 286 g/mol. The lowest BCUT2D eigenvalue weighted by Gasteiger charge is -2.24. The molecule has 0 unspecified atom stereocenters. The van der Waals surface area contributed by atoms with Crippen LogP contribution in [0.4, 0.5) is 5.69 Å². The minimum atomic E-state index is 0.413. The lowest BCUT2D eigenvalue weighted by molar-refractivity contribution is 0.303. The van der Waals surface area contributed by atoms with Gasteiger partial charge in [0.1, 0.15) is 5.75 Å². The van der Waals surface area contributed by atoms with Gasteiger partial charge in [0.2, 0.25) is 0 Å². The van der Waals surface area contributed by atoms with Gasteiger partial charge in [0.25, 0.3) is 0 Å². The maximum absolute atomic E-state index is 5.90. The number of nitrogens with one attached hydrogen (secondary N) is 1. The molecule has 2 aromatic rings. The van der Waals surface area contributed by atoms with Crippen LogP contribution in [0.2, 0.25) is 0 Å². The SMILES string of the molecule is C1=CN2NN(c3cccc(OC4CC4)c3)C=C2c2ccccc21. The van der Waals surface area contributed by atoms with Crippen LogP contribution in [0, 0.1) is 0 Å². The van der Waals surface area contributed by atoms with E-state index in [9.17, 15) is 0 Å². The highest BCUT2D eigenvalue weighted by atomic mass is 16.5. The van der Waals surface area contributed by atoms with E-state index in [0.29, 0.717) is 6.10 Å². The molecule has 23 heavy (non-hydrogen) atoms. The number of nitrogens with zero attached hydrogens (tertiary/aromatic N) is 2. The molecule has 2 aliphatic heterocycles. The van der Waals surface area contributed by atoms with E-state index in [4.69, 9.17) is 4.74 Å². The number of anilines is 1. The van der Waals surface area contributed by atoms with E-state index in [1.165, 1.54) is 24.0 Å². The van der Waals surface area contributed by atoms with Crippen LogP contribution in [0.25, 0.3) is 11.8 Å². The zero-order valence-electron chi connectivity index (χ0n) is 12.6. The minimum Gasteiger partial charge on any atom is -0.490 e. The number of rotatable bonds is 3. The van der Waals surface area contributed by atoms with E-state index in [1.54, 1.807) is 0 Å². The quantitative estimate of drug-likeness (QED) is 0.934. The fourth-order valence-corrected chi connectivity index (χ4v) is 2.94. The molecule has 0 amide bonds. The highest BCUT2D eigenvalue weighted by molar-refractivity contribution is 5.80. The minimum absolute atomic E-state index is 0.413. The predicted molar refractivity (Wildman–Crippen MR) is 91.0 cm³/mol. The average Bonchev–Trinajstić information content (AvgIpc) is 3.29. The second-order valence-corrected chi connectivity index (χ2v) is 6.07. The summed E-state index contributed by atoms with van der Waals surface area (Å²) in [6, 6.07) is 16.6. The van der Waals surface area contributed by atoms with E-state index < -0.39 is 0 Å². The van der Waals surface area contributed by atoms with Crippen molar-refractivity contribution in [1.82, 2.24) is 10.5 Å². The third-order valence-corrected chi connectivity index (χ3v) is 4.29. The zero-order valence-corrected chi connectivity index (χ0v) is 12.6. The number of benzene rings is 2. The van der Waals surface area contributed by atoms with E-state index in [0.717, 1.165) is 17.1 Å². The van der Waals surface area contributed by atoms with Gasteiger partial charge >= 0.3 is 0 Å². The fraction of sp³-hybridized carbons (Fsp3) is 0.158. The molecule has 0 spiro atoms. The Morgan fingerprint density at radius 2 is 1.91 bits per heavy atom. The Morgan fingerprint density at radius 3 is 2.83 bits per heavy atom. The summed E-state index contributed by atoms with van der Waals surface area (Å²) in [5.41, 5.74) is 8.07. The van der Waals surface area contributed by atoms with Gasteiger partial charge in [-0.1, -0.05) is 30.3 Å². The van der Waals surface area contributed by atoms with Crippen molar-refractivity contribution in [2.45, 2.75) is 18.9 Å². The molecular formula is C19H17N3O. The van der Waals surface area contributed by atoms with Crippen LogP contribution in [-0.2, 0) is 0 Å². The standard InChI is InChI=1S/C19H17N3O/c1-2-7-18-14(4-1)10-11-21-19(18)13-22(20-21)15-5-3-6-17(12-15)23-16-8-9-16/h1-7,10-13,16,20H,8-9H2. The average molecular weight is 303 g/mol. The Bertz CT molecular complexity index is 823. The number of hydrogen-bond donors (Lipinski definition) is 1. The third-order valence-electron chi connectivity index (χ3n) is 4.29. The van der Waals surface area contributed by atoms with Crippen LogP contribution >= 0.6 is 0 Å². The zero-order chi connectivity index (χ0) is 15.2. The number of fused-ring (bicyclic) bond motifs is 3. The van der Waals surface area contributed by atoms with Crippen LogP contribution in [0.1, 0.15) is 24.0 Å². The molecule has 0 radical (unpaired) electrons. The summed E-state index contributed by atoms with van der Waals surface area (Å²) in [6.07, 6.45) is 9.06. The van der Waals surface area contributed by atoms with E-state index in [1.807, 2.05) is 22.2 Å². The molecule has 114 valence electrons. The lowest BCUT2D eigenvalue weighted by Crippen LogP contribution is -2.37. The number of hydrogen-bond acceptors (Lipinski definition) is 4. The van der Waals surface area contributed by atoms with Crippen molar-refractivity contribution in [3.05, 3.63) is 72.1 Å². The first-order chi connectivity index (χ1) is 11.4. The van der Waals surface area contributed by atoms with Crippen molar-refractivity contribution in [3.63, 3.8) is 0 Å². The van der Waals surface area contributed by atoms with Gasteiger partial charge in [-0.15, -0.1) is 5.53 Å². The Labute approximate surface area is 135 Å². The topological polar surface area (TPSA) is 27.7 Å². The highest BCUT2D eigenvalue weighted by Gasteiger charge is 2.26. The van der Waals surface area contributed by atoms with Gasteiger partial charge in [0, 0.05) is 24.0 Å². The molecule has 1 saturated carbocycles. The van der Waals surface area contributed by atoms with Crippen LogP contribution in [0.3, 0.4) is 0 Å². The maximum Gasteiger partial charge on any atom is 0.121 e. The fourth-order valence-electron chi connectivity index (χ4n) is 2.94. The second-order valence-electron chi connectivity index (χ2n) is 6.07. The Morgan fingerprint density at radius 1 is 1.00 bits per heavy atom. The van der Waals surface area contributed by atoms with E-state index in [-0.39, 0.29) is 0 Å². The summed E-state index contributed by atoms with van der Waals surface area (Å²) in [7, 11) is 0. The molecule has 4 nitrogen and oxygen atoms in total. The molecule has 0 aromatic heterocycles. The number of ether oxygens (including phenoxy) is 1. The normalized spacial score (nSPS) is 18.5. The summed E-state index contributed by atoms with van der Waals surface area (Å²) in [6.45, 7) is 0. The van der Waals surface area contributed by atoms with Gasteiger partial charge in [0.05, 0.1) is 17.5 Å². The number of hydrazine groups is 2. The van der Waals surface area contributed by atoms with Crippen molar-refractivity contribution < 1.29 is 4.74 Å². The van der Waals surface area contributed by atoms with Gasteiger partial charge in [-0.05, 0) is 36.6 Å². The Balaban J connectivity index is 1.47. The van der Waals surface area contributed by atoms with Crippen molar-refractivity contribution in [1.29, 1.82) is 0 Å². The van der Waals surface area contributed by atoms with Crippen molar-refractivity contribution in [2.24, 2.45) is 0 Å². The summed E-state index contributed by atoms with van der Waals surface area (Å²) in [5, 5.41) is 4.07. The van der Waals surface area contributed by atoms with Gasteiger partial charge in [-0.3, -0.25) is 10.0 Å². The first kappa shape index (κ1) is 12.8. The van der Waals surface area contributed by atoms with Gasteiger partial charge in [0.15, 0.2) is 0 Å². The molecule has 5 rings (SSSR count). The molecule has 1 fully saturated rings. The van der Waals surface area contributed by atoms with E-state index >= 15 is 0 Å². The molecule has 3 aliphatic rings. The van der Waals surface area contributed by atoms with Gasteiger partial charge in [-0.25, -0.2) is 0 Å². The monoisotopic (exact) mass is 303 g/mol. The van der Waals surface area contributed by atoms with Gasteiger partial charge in [-0.2, -0.15) is 0 Å². The predicted octanol–water partition coefficient (Wildman–Crippen LogP) is 3.75. The van der Waals surface area contributed by atoms with E-state index in [2.05, 4.69) is 60.4 Å². The molecule has 0 atom stereocenters. The molecule has 1 aliphatic carbocycles. The Kier molecular flexibility index (Phi) is 2.72. The molecule has 2 heterocycles. The van der Waals surface area contributed by atoms with Crippen molar-refractivity contribution in [3.8, 4) is 5.75 Å². The molecule has 0 saturated heterocycles. The third kappa shape index (κ3) is 2.28. The smallest absolute Gasteiger partial charge is 0.121 e. The molecule has 0 bridgehead atoms. The lowest BCUT2D eigenvalue weighted by atomic mass is 10.0. The maximum atomic E-state index is 5.90. The summed E-state index contributed by atoms with van der Waals surface area (Å²) in [5.74, 6) is 0.936. The summed E-state index contributed by atoms with van der Waals surface area (Å²) < 4.78 is 5.90. The summed E-state index contributed by atoms with van der Waals surface area (Å²) >= 11 is 0. The van der Waals surface area contributed by atoms with Crippen LogP contribution < -0.4 is 15.3 Å². The second kappa shape index (κ2) is 4.89. The largest absolute Gasteiger partial charge is 0.490 e. The Hall–Kier alpha value is -2.72. The van der Waals surface area contributed by atoms with Crippen LogP contribution in [-0.4, -0.2) is 11.1 Å². The van der Waals surface area contributed by atoms with Crippen molar-refractivity contribution in [2.75, 3.05) is 5.01 Å². The first-order valence-electron chi connectivity index (χ1n) is 7.98.